The number of nitrogens with one attached hydrogen (secondary N) is 1. The molecule has 0 unspecified atom stereocenters. The zero-order valence-corrected chi connectivity index (χ0v) is 13.3. The van der Waals surface area contributed by atoms with E-state index in [1.165, 1.54) is 6.21 Å². The van der Waals surface area contributed by atoms with E-state index in [0.29, 0.717) is 17.8 Å². The second-order valence-corrected chi connectivity index (χ2v) is 5.31. The topological polar surface area (TPSA) is 72.2 Å². The number of hydrogen-bond donors (Lipinski definition) is 1. The summed E-state index contributed by atoms with van der Waals surface area (Å²) in [6, 6.07) is 14.9. The number of aromatic nitrogens is 3. The number of aryl methyl sites for hydroxylation is 1. The fourth-order valence-electron chi connectivity index (χ4n) is 2.25. The molecular formula is C18H17N5O. The van der Waals surface area contributed by atoms with E-state index in [-0.39, 0.29) is 5.91 Å². The zero-order valence-electron chi connectivity index (χ0n) is 13.3. The molecule has 0 saturated carbocycles. The number of pyridine rings is 1. The van der Waals surface area contributed by atoms with Gasteiger partial charge in [-0.2, -0.15) is 10.2 Å². The maximum absolute atomic E-state index is 12.2. The smallest absolute Gasteiger partial charge is 0.268 e. The predicted octanol–water partition coefficient (Wildman–Crippen LogP) is 2.40. The largest absolute Gasteiger partial charge is 0.271 e. The molecule has 0 aliphatic rings. The molecule has 2 heterocycles. The Bertz CT molecular complexity index is 855. The van der Waals surface area contributed by atoms with Crippen LogP contribution in [0.5, 0.6) is 0 Å². The summed E-state index contributed by atoms with van der Waals surface area (Å²) in [6.45, 7) is 2.52. The predicted molar refractivity (Wildman–Crippen MR) is 91.8 cm³/mol. The lowest BCUT2D eigenvalue weighted by molar-refractivity contribution is 0.0955. The molecule has 0 aliphatic carbocycles. The van der Waals surface area contributed by atoms with Gasteiger partial charge in [0, 0.05) is 23.7 Å². The highest BCUT2D eigenvalue weighted by Gasteiger charge is 2.05. The van der Waals surface area contributed by atoms with Gasteiger partial charge in [0.25, 0.3) is 5.91 Å². The standard InChI is InChI=1S/C18H17N5O/c1-14-5-2-8-17(21-14)12-19-22-18(24)16-7-3-6-15(11-16)13-23-10-4-9-20-23/h2-12H,13H2,1H3,(H,22,24). The minimum absolute atomic E-state index is 0.263. The van der Waals surface area contributed by atoms with E-state index in [4.69, 9.17) is 0 Å². The van der Waals surface area contributed by atoms with Gasteiger partial charge in [-0.25, -0.2) is 5.43 Å². The van der Waals surface area contributed by atoms with E-state index < -0.39 is 0 Å². The third-order valence-electron chi connectivity index (χ3n) is 3.37. The van der Waals surface area contributed by atoms with Crippen LogP contribution in [0.15, 0.2) is 66.0 Å². The highest BCUT2D eigenvalue weighted by atomic mass is 16.2. The highest BCUT2D eigenvalue weighted by molar-refractivity contribution is 5.94. The van der Waals surface area contributed by atoms with Gasteiger partial charge in [-0.05, 0) is 42.8 Å². The summed E-state index contributed by atoms with van der Waals surface area (Å²) in [6.07, 6.45) is 5.13. The number of hydrogen-bond acceptors (Lipinski definition) is 4. The molecular weight excluding hydrogens is 302 g/mol. The van der Waals surface area contributed by atoms with Crippen molar-refractivity contribution in [1.29, 1.82) is 0 Å². The van der Waals surface area contributed by atoms with Gasteiger partial charge >= 0.3 is 0 Å². The molecule has 24 heavy (non-hydrogen) atoms. The van der Waals surface area contributed by atoms with Crippen LogP contribution in [0.1, 0.15) is 27.3 Å². The van der Waals surface area contributed by atoms with E-state index in [9.17, 15) is 4.79 Å². The van der Waals surface area contributed by atoms with Crippen LogP contribution in [0, 0.1) is 6.92 Å². The lowest BCUT2D eigenvalue weighted by atomic mass is 10.1. The van der Waals surface area contributed by atoms with Crippen molar-refractivity contribution in [2.24, 2.45) is 5.10 Å². The molecule has 6 heteroatoms. The van der Waals surface area contributed by atoms with Gasteiger partial charge in [0.05, 0.1) is 18.5 Å². The van der Waals surface area contributed by atoms with Crippen LogP contribution in [0.25, 0.3) is 0 Å². The average molecular weight is 319 g/mol. The molecule has 0 spiro atoms. The molecule has 0 fully saturated rings. The van der Waals surface area contributed by atoms with Crippen molar-refractivity contribution in [2.45, 2.75) is 13.5 Å². The van der Waals surface area contributed by atoms with E-state index in [1.807, 2.05) is 55.6 Å². The second kappa shape index (κ2) is 7.32. The third-order valence-corrected chi connectivity index (χ3v) is 3.37. The minimum Gasteiger partial charge on any atom is -0.268 e. The SMILES string of the molecule is Cc1cccc(C=NNC(=O)c2cccc(Cn3cccn3)c2)n1. The van der Waals surface area contributed by atoms with Crippen molar-refractivity contribution in [3.63, 3.8) is 0 Å². The Labute approximate surface area is 139 Å². The fraction of sp³-hybridized carbons (Fsp3) is 0.111. The van der Waals surface area contributed by atoms with Crippen molar-refractivity contribution in [3.8, 4) is 0 Å². The van der Waals surface area contributed by atoms with Crippen molar-refractivity contribution < 1.29 is 4.79 Å². The Morgan fingerprint density at radius 3 is 2.92 bits per heavy atom. The van der Waals surface area contributed by atoms with Crippen molar-refractivity contribution in [2.75, 3.05) is 0 Å². The quantitative estimate of drug-likeness (QED) is 0.580. The number of hydrazone groups is 1. The first-order valence-corrected chi connectivity index (χ1v) is 7.54. The van der Waals surface area contributed by atoms with Gasteiger partial charge < -0.3 is 0 Å². The van der Waals surface area contributed by atoms with Crippen LogP contribution in [0.2, 0.25) is 0 Å². The average Bonchev–Trinajstić information content (AvgIpc) is 3.08. The molecule has 120 valence electrons. The van der Waals surface area contributed by atoms with Crippen molar-refractivity contribution >= 4 is 12.1 Å². The fourth-order valence-corrected chi connectivity index (χ4v) is 2.25. The summed E-state index contributed by atoms with van der Waals surface area (Å²) in [7, 11) is 0. The summed E-state index contributed by atoms with van der Waals surface area (Å²) in [5.74, 6) is -0.263. The van der Waals surface area contributed by atoms with Gasteiger partial charge in [0.1, 0.15) is 0 Å². The van der Waals surface area contributed by atoms with Crippen LogP contribution in [-0.2, 0) is 6.54 Å². The first kappa shape index (κ1) is 15.6. The van der Waals surface area contributed by atoms with Crippen LogP contribution in [0.3, 0.4) is 0 Å². The molecule has 0 aliphatic heterocycles. The Morgan fingerprint density at radius 1 is 1.25 bits per heavy atom. The van der Waals surface area contributed by atoms with Gasteiger partial charge in [0.15, 0.2) is 0 Å². The number of carbonyl (C=O) groups excluding carboxylic acids is 1. The lowest BCUT2D eigenvalue weighted by Crippen LogP contribution is -2.18. The van der Waals surface area contributed by atoms with Crippen molar-refractivity contribution in [1.82, 2.24) is 20.2 Å². The second-order valence-electron chi connectivity index (χ2n) is 5.31. The van der Waals surface area contributed by atoms with E-state index in [2.05, 4.69) is 20.6 Å². The Hall–Kier alpha value is -3.28. The lowest BCUT2D eigenvalue weighted by Gasteiger charge is -2.05. The van der Waals surface area contributed by atoms with Crippen molar-refractivity contribution in [3.05, 3.63) is 83.4 Å². The minimum atomic E-state index is -0.263. The molecule has 6 nitrogen and oxygen atoms in total. The van der Waals surface area contributed by atoms with Crippen LogP contribution in [0.4, 0.5) is 0 Å². The van der Waals surface area contributed by atoms with Gasteiger partial charge in [0.2, 0.25) is 0 Å². The molecule has 0 saturated heterocycles. The van der Waals surface area contributed by atoms with Gasteiger partial charge in [-0.15, -0.1) is 0 Å². The molecule has 0 radical (unpaired) electrons. The highest BCUT2D eigenvalue weighted by Crippen LogP contribution is 2.07. The van der Waals surface area contributed by atoms with Gasteiger partial charge in [-0.1, -0.05) is 18.2 Å². The van der Waals surface area contributed by atoms with Crippen LogP contribution >= 0.6 is 0 Å². The molecule has 3 aromatic rings. The van der Waals surface area contributed by atoms with E-state index >= 15 is 0 Å². The maximum Gasteiger partial charge on any atom is 0.271 e. The summed E-state index contributed by atoms with van der Waals surface area (Å²) in [4.78, 5) is 16.5. The molecule has 0 atom stereocenters. The monoisotopic (exact) mass is 319 g/mol. The molecule has 0 bridgehead atoms. The van der Waals surface area contributed by atoms with Gasteiger partial charge in [-0.3, -0.25) is 14.5 Å². The number of benzene rings is 1. The summed E-state index contributed by atoms with van der Waals surface area (Å²) in [5.41, 5.74) is 5.66. The maximum atomic E-state index is 12.2. The summed E-state index contributed by atoms with van der Waals surface area (Å²) < 4.78 is 1.80. The Kier molecular flexibility index (Phi) is 4.76. The molecule has 3 rings (SSSR count). The molecule has 1 amide bonds. The summed E-state index contributed by atoms with van der Waals surface area (Å²) >= 11 is 0. The molecule has 2 aromatic heterocycles. The zero-order chi connectivity index (χ0) is 16.8. The number of rotatable bonds is 5. The summed E-state index contributed by atoms with van der Waals surface area (Å²) in [5, 5.41) is 8.12. The van der Waals surface area contributed by atoms with E-state index in [0.717, 1.165) is 11.3 Å². The van der Waals surface area contributed by atoms with E-state index in [1.54, 1.807) is 16.9 Å². The Balaban J connectivity index is 1.64. The number of amides is 1. The number of nitrogens with zero attached hydrogens (tertiary/aromatic N) is 4. The normalized spacial score (nSPS) is 10.9. The van der Waals surface area contributed by atoms with Crippen LogP contribution in [-0.4, -0.2) is 26.9 Å². The molecule has 1 N–H and O–H groups in total. The number of carbonyl (C=O) groups is 1. The molecule has 1 aromatic carbocycles. The third kappa shape index (κ3) is 4.13. The first-order valence-electron chi connectivity index (χ1n) is 7.54. The Morgan fingerprint density at radius 2 is 2.12 bits per heavy atom. The first-order chi connectivity index (χ1) is 11.7. The van der Waals surface area contributed by atoms with Crippen LogP contribution < -0.4 is 5.43 Å².